The van der Waals surface area contributed by atoms with Crippen molar-refractivity contribution in [3.05, 3.63) is 132 Å². The predicted octanol–water partition coefficient (Wildman–Crippen LogP) is 6.58. The van der Waals surface area contributed by atoms with E-state index in [-0.39, 0.29) is 0 Å². The van der Waals surface area contributed by atoms with E-state index < -0.39 is 11.5 Å². The van der Waals surface area contributed by atoms with Crippen LogP contribution in [0, 0.1) is 5.95 Å². The van der Waals surface area contributed by atoms with Crippen molar-refractivity contribution >= 4 is 21.9 Å². The van der Waals surface area contributed by atoms with Crippen molar-refractivity contribution in [2.75, 3.05) is 14.2 Å². The molecule has 3 heterocycles. The third kappa shape index (κ3) is 3.52. The molecule has 6 aromatic rings. The normalized spacial score (nSPS) is 11.6. The second-order valence-electron chi connectivity index (χ2n) is 8.77. The summed E-state index contributed by atoms with van der Waals surface area (Å²) in [4.78, 5) is 8.82. The van der Waals surface area contributed by atoms with Gasteiger partial charge in [-0.25, -0.2) is 4.98 Å². The molecule has 3 aromatic heterocycles. The van der Waals surface area contributed by atoms with Gasteiger partial charge in [0.15, 0.2) is 0 Å². The molecule has 6 rings (SSSR count). The van der Waals surface area contributed by atoms with Crippen LogP contribution in [0.25, 0.3) is 21.9 Å². The van der Waals surface area contributed by atoms with Crippen LogP contribution in [-0.4, -0.2) is 28.8 Å². The molecule has 0 saturated heterocycles. The molecule has 0 aliphatic rings. The van der Waals surface area contributed by atoms with Gasteiger partial charge in [-0.15, -0.1) is 0 Å². The summed E-state index contributed by atoms with van der Waals surface area (Å²) in [6.07, 6.45) is 3.57. The van der Waals surface area contributed by atoms with Crippen molar-refractivity contribution < 1.29 is 13.9 Å². The molecule has 0 aliphatic heterocycles. The number of ether oxygens (including phenoxy) is 2. The Labute approximate surface area is 213 Å². The van der Waals surface area contributed by atoms with Gasteiger partial charge >= 0.3 is 0 Å². The van der Waals surface area contributed by atoms with Crippen molar-refractivity contribution in [3.8, 4) is 11.5 Å². The Bertz CT molecular complexity index is 1650. The van der Waals surface area contributed by atoms with Crippen molar-refractivity contribution in [1.82, 2.24) is 14.5 Å². The molecule has 0 N–H and O–H groups in total. The van der Waals surface area contributed by atoms with E-state index in [1.807, 2.05) is 79.0 Å². The molecule has 3 aromatic carbocycles. The standard InChI is InChI=1S/C31H24FN3O2/c1-36-24-12-8-22(9-13-24)31(21-6-4-3-5-7-21,23-10-14-25(37-2)15-11-23)35-28-18-19-33-20-27(28)26-16-17-29(32)34-30(26)35/h3-20H,1-2H3. The van der Waals surface area contributed by atoms with E-state index in [0.717, 1.165) is 44.5 Å². The van der Waals surface area contributed by atoms with Gasteiger partial charge in [-0.1, -0.05) is 54.6 Å². The van der Waals surface area contributed by atoms with Crippen molar-refractivity contribution in [2.45, 2.75) is 5.54 Å². The largest absolute Gasteiger partial charge is 0.497 e. The molecule has 6 heteroatoms. The lowest BCUT2D eigenvalue weighted by atomic mass is 9.76. The summed E-state index contributed by atoms with van der Waals surface area (Å²) < 4.78 is 27.8. The highest BCUT2D eigenvalue weighted by atomic mass is 19.1. The zero-order valence-electron chi connectivity index (χ0n) is 20.4. The minimum atomic E-state index is -0.915. The van der Waals surface area contributed by atoms with Gasteiger partial charge in [0.05, 0.1) is 19.7 Å². The van der Waals surface area contributed by atoms with E-state index in [9.17, 15) is 4.39 Å². The molecule has 37 heavy (non-hydrogen) atoms. The van der Waals surface area contributed by atoms with E-state index in [2.05, 4.69) is 26.7 Å². The fourth-order valence-corrected chi connectivity index (χ4v) is 5.28. The Hall–Kier alpha value is -4.71. The van der Waals surface area contributed by atoms with Crippen LogP contribution in [0.1, 0.15) is 16.7 Å². The topological polar surface area (TPSA) is 49.2 Å². The van der Waals surface area contributed by atoms with Gasteiger partial charge in [-0.05, 0) is 59.2 Å². The van der Waals surface area contributed by atoms with Crippen LogP contribution >= 0.6 is 0 Å². The number of hydrogen-bond donors (Lipinski definition) is 0. The maximum Gasteiger partial charge on any atom is 0.214 e. The van der Waals surface area contributed by atoms with Crippen LogP contribution in [-0.2, 0) is 5.54 Å². The number of hydrogen-bond acceptors (Lipinski definition) is 4. The molecule has 0 atom stereocenters. The van der Waals surface area contributed by atoms with Crippen LogP contribution in [0.15, 0.2) is 109 Å². The molecule has 0 radical (unpaired) electrons. The number of aromatic nitrogens is 3. The maximum atomic E-state index is 14.8. The summed E-state index contributed by atoms with van der Waals surface area (Å²) in [5.74, 6) is 0.947. The highest BCUT2D eigenvalue weighted by Gasteiger charge is 2.41. The number of nitrogens with zero attached hydrogens (tertiary/aromatic N) is 3. The summed E-state index contributed by atoms with van der Waals surface area (Å²) in [5, 5.41) is 1.72. The monoisotopic (exact) mass is 489 g/mol. The van der Waals surface area contributed by atoms with Gasteiger partial charge in [-0.3, -0.25) is 4.98 Å². The molecular weight excluding hydrogens is 465 g/mol. The van der Waals surface area contributed by atoms with Crippen LogP contribution in [0.5, 0.6) is 11.5 Å². The number of methoxy groups -OCH3 is 2. The van der Waals surface area contributed by atoms with Gasteiger partial charge < -0.3 is 14.0 Å². The number of fused-ring (bicyclic) bond motifs is 3. The Balaban J connectivity index is 1.85. The molecule has 182 valence electrons. The SMILES string of the molecule is COc1ccc(C(c2ccccc2)(c2ccc(OC)cc2)n2c3ccncc3c3ccc(F)nc32)cc1. The van der Waals surface area contributed by atoms with Crippen LogP contribution < -0.4 is 9.47 Å². The van der Waals surface area contributed by atoms with E-state index in [4.69, 9.17) is 9.47 Å². The first-order chi connectivity index (χ1) is 18.2. The fourth-order valence-electron chi connectivity index (χ4n) is 5.28. The quantitative estimate of drug-likeness (QED) is 0.196. The van der Waals surface area contributed by atoms with Crippen molar-refractivity contribution in [2.24, 2.45) is 0 Å². The lowest BCUT2D eigenvalue weighted by Gasteiger charge is -2.38. The lowest BCUT2D eigenvalue weighted by Crippen LogP contribution is -2.37. The fraction of sp³-hybridized carbons (Fsp3) is 0.0968. The van der Waals surface area contributed by atoms with Crippen LogP contribution in [0.3, 0.4) is 0 Å². The minimum absolute atomic E-state index is 0.526. The molecule has 0 unspecified atom stereocenters. The van der Waals surface area contributed by atoms with Gasteiger partial charge in [0, 0.05) is 23.2 Å². The van der Waals surface area contributed by atoms with Gasteiger partial charge in [0.2, 0.25) is 5.95 Å². The van der Waals surface area contributed by atoms with E-state index in [1.54, 1.807) is 26.5 Å². The highest BCUT2D eigenvalue weighted by molar-refractivity contribution is 6.06. The molecule has 0 fully saturated rings. The van der Waals surface area contributed by atoms with Crippen LogP contribution in [0.4, 0.5) is 4.39 Å². The van der Waals surface area contributed by atoms with E-state index >= 15 is 0 Å². The van der Waals surface area contributed by atoms with Crippen molar-refractivity contribution in [3.63, 3.8) is 0 Å². The smallest absolute Gasteiger partial charge is 0.214 e. The average molecular weight is 490 g/mol. The van der Waals surface area contributed by atoms with Crippen molar-refractivity contribution in [1.29, 1.82) is 0 Å². The first-order valence-corrected chi connectivity index (χ1v) is 11.9. The molecule has 0 amide bonds. The minimum Gasteiger partial charge on any atom is -0.497 e. The molecular formula is C31H24FN3O2. The number of halogens is 1. The Morgan fingerprint density at radius 2 is 1.27 bits per heavy atom. The van der Waals surface area contributed by atoms with E-state index in [0.29, 0.717) is 5.65 Å². The number of benzene rings is 3. The summed E-state index contributed by atoms with van der Waals surface area (Å²) >= 11 is 0. The lowest BCUT2D eigenvalue weighted by molar-refractivity contribution is 0.413. The summed E-state index contributed by atoms with van der Waals surface area (Å²) in [7, 11) is 3.30. The van der Waals surface area contributed by atoms with Gasteiger partial charge in [0.25, 0.3) is 0 Å². The zero-order valence-corrected chi connectivity index (χ0v) is 20.4. The second-order valence-corrected chi connectivity index (χ2v) is 8.77. The van der Waals surface area contributed by atoms with Gasteiger partial charge in [0.1, 0.15) is 22.7 Å². The zero-order chi connectivity index (χ0) is 25.4. The van der Waals surface area contributed by atoms with E-state index in [1.165, 1.54) is 6.07 Å². The highest BCUT2D eigenvalue weighted by Crippen LogP contribution is 2.46. The number of pyridine rings is 2. The third-order valence-electron chi connectivity index (χ3n) is 6.92. The number of rotatable bonds is 6. The average Bonchev–Trinajstić information content (AvgIpc) is 3.28. The molecule has 5 nitrogen and oxygen atoms in total. The molecule has 0 aliphatic carbocycles. The molecule has 0 saturated carbocycles. The predicted molar refractivity (Wildman–Crippen MR) is 143 cm³/mol. The Kier molecular flexibility index (Phi) is 5.57. The summed E-state index contributed by atoms with van der Waals surface area (Å²) in [5.41, 5.74) is 3.42. The maximum absolute atomic E-state index is 14.8. The first kappa shape index (κ1) is 22.7. The summed E-state index contributed by atoms with van der Waals surface area (Å²) in [6, 6.07) is 31.3. The molecule has 0 bridgehead atoms. The molecule has 0 spiro atoms. The summed E-state index contributed by atoms with van der Waals surface area (Å²) in [6.45, 7) is 0. The first-order valence-electron chi connectivity index (χ1n) is 11.9. The second kappa shape index (κ2) is 9.06. The Morgan fingerprint density at radius 1 is 0.676 bits per heavy atom. The van der Waals surface area contributed by atoms with Gasteiger partial charge in [-0.2, -0.15) is 4.39 Å². The Morgan fingerprint density at radius 3 is 1.86 bits per heavy atom. The van der Waals surface area contributed by atoms with Crippen LogP contribution in [0.2, 0.25) is 0 Å². The third-order valence-corrected chi connectivity index (χ3v) is 6.92.